The summed E-state index contributed by atoms with van der Waals surface area (Å²) in [4.78, 5) is 11.0. The van der Waals surface area contributed by atoms with Crippen LogP contribution in [0, 0.1) is 6.92 Å². The molecule has 2 rings (SSSR count). The molecule has 0 bridgehead atoms. The highest BCUT2D eigenvalue weighted by Gasteiger charge is 2.27. The summed E-state index contributed by atoms with van der Waals surface area (Å²) in [6, 6.07) is 5.60. The fourth-order valence-corrected chi connectivity index (χ4v) is 1.73. The molecule has 1 aromatic rings. The highest BCUT2D eigenvalue weighted by molar-refractivity contribution is 5.71. The first kappa shape index (κ1) is 11.7. The van der Waals surface area contributed by atoms with Gasteiger partial charge in [0.25, 0.3) is 0 Å². The first-order valence-electron chi connectivity index (χ1n) is 5.35. The van der Waals surface area contributed by atoms with Gasteiger partial charge in [0.15, 0.2) is 0 Å². The van der Waals surface area contributed by atoms with Crippen LogP contribution in [0.15, 0.2) is 30.0 Å². The number of aliphatic hydroxyl groups excluding tert-OH is 1. The summed E-state index contributed by atoms with van der Waals surface area (Å²) < 4.78 is 9.99. The van der Waals surface area contributed by atoms with Gasteiger partial charge in [0, 0.05) is 5.56 Å². The summed E-state index contributed by atoms with van der Waals surface area (Å²) in [6.07, 6.45) is 0.844. The maximum Gasteiger partial charge on any atom is 0.309 e. The van der Waals surface area contributed by atoms with Crippen LogP contribution in [-0.4, -0.2) is 18.2 Å². The molecule has 0 saturated heterocycles. The molecule has 0 spiro atoms. The SMILES string of the molecule is COC(=O)C/C=C1/Oc2ccc(C)cc2C1O. The van der Waals surface area contributed by atoms with Crippen molar-refractivity contribution in [2.24, 2.45) is 0 Å². The molecule has 1 unspecified atom stereocenters. The Morgan fingerprint density at radius 2 is 2.35 bits per heavy atom. The molecule has 1 aliphatic heterocycles. The Bertz CT molecular complexity index is 476. The van der Waals surface area contributed by atoms with Crippen LogP contribution in [-0.2, 0) is 9.53 Å². The third-order valence-corrected chi connectivity index (χ3v) is 2.65. The monoisotopic (exact) mass is 234 g/mol. The van der Waals surface area contributed by atoms with Crippen molar-refractivity contribution in [3.05, 3.63) is 41.2 Å². The van der Waals surface area contributed by atoms with Crippen molar-refractivity contribution in [2.45, 2.75) is 19.4 Å². The van der Waals surface area contributed by atoms with Crippen molar-refractivity contribution in [3.63, 3.8) is 0 Å². The number of aliphatic hydroxyl groups is 1. The number of ether oxygens (including phenoxy) is 2. The molecule has 0 saturated carbocycles. The predicted octanol–water partition coefficient (Wildman–Crippen LogP) is 1.87. The number of rotatable bonds is 2. The third kappa shape index (κ3) is 2.31. The highest BCUT2D eigenvalue weighted by Crippen LogP contribution is 2.39. The van der Waals surface area contributed by atoms with E-state index in [4.69, 9.17) is 4.74 Å². The quantitative estimate of drug-likeness (QED) is 0.794. The van der Waals surface area contributed by atoms with Gasteiger partial charge < -0.3 is 14.6 Å². The van der Waals surface area contributed by atoms with Crippen molar-refractivity contribution < 1.29 is 19.4 Å². The van der Waals surface area contributed by atoms with E-state index in [9.17, 15) is 9.90 Å². The standard InChI is InChI=1S/C13H14O4/c1-8-3-4-10-9(7-8)13(15)11(17-10)5-6-12(14)16-2/h3-5,7,13,15H,6H2,1-2H3/b11-5+. The number of benzene rings is 1. The van der Waals surface area contributed by atoms with Gasteiger partial charge in [0.1, 0.15) is 17.6 Å². The summed E-state index contributed by atoms with van der Waals surface area (Å²) in [5.74, 6) is 0.663. The maximum absolute atomic E-state index is 11.0. The number of carbonyl (C=O) groups excluding carboxylic acids is 1. The van der Waals surface area contributed by atoms with E-state index in [1.165, 1.54) is 7.11 Å². The maximum atomic E-state index is 11.0. The van der Waals surface area contributed by atoms with Crippen LogP contribution in [0.3, 0.4) is 0 Å². The number of hydrogen-bond donors (Lipinski definition) is 1. The third-order valence-electron chi connectivity index (χ3n) is 2.65. The molecule has 1 N–H and O–H groups in total. The van der Waals surface area contributed by atoms with E-state index in [2.05, 4.69) is 4.74 Å². The van der Waals surface area contributed by atoms with Gasteiger partial charge in [-0.3, -0.25) is 4.79 Å². The van der Waals surface area contributed by atoms with Crippen LogP contribution >= 0.6 is 0 Å². The molecular formula is C13H14O4. The second-order valence-corrected chi connectivity index (χ2v) is 3.93. The van der Waals surface area contributed by atoms with Gasteiger partial charge in [-0.05, 0) is 25.1 Å². The van der Waals surface area contributed by atoms with Crippen molar-refractivity contribution in [3.8, 4) is 5.75 Å². The molecule has 0 amide bonds. The lowest BCUT2D eigenvalue weighted by Crippen LogP contribution is -2.02. The topological polar surface area (TPSA) is 55.8 Å². The van der Waals surface area contributed by atoms with Crippen LogP contribution in [0.2, 0.25) is 0 Å². The molecule has 90 valence electrons. The molecule has 4 nitrogen and oxygen atoms in total. The normalized spacial score (nSPS) is 19.9. The van der Waals surface area contributed by atoms with Gasteiger partial charge in [-0.2, -0.15) is 0 Å². The number of methoxy groups -OCH3 is 1. The van der Waals surface area contributed by atoms with E-state index in [-0.39, 0.29) is 12.4 Å². The van der Waals surface area contributed by atoms with Gasteiger partial charge in [-0.15, -0.1) is 0 Å². The Hall–Kier alpha value is -1.81. The first-order chi connectivity index (χ1) is 8.11. The molecule has 1 aliphatic rings. The van der Waals surface area contributed by atoms with Crippen molar-refractivity contribution in [1.29, 1.82) is 0 Å². The Morgan fingerprint density at radius 1 is 1.59 bits per heavy atom. The molecule has 0 fully saturated rings. The minimum atomic E-state index is -0.797. The molecule has 0 radical (unpaired) electrons. The van der Waals surface area contributed by atoms with Crippen LogP contribution in [0.4, 0.5) is 0 Å². The number of esters is 1. The first-order valence-corrected chi connectivity index (χ1v) is 5.35. The molecule has 1 aromatic carbocycles. The zero-order valence-electron chi connectivity index (χ0n) is 9.77. The van der Waals surface area contributed by atoms with Gasteiger partial charge in [0.2, 0.25) is 0 Å². The fraction of sp³-hybridized carbons (Fsp3) is 0.308. The fourth-order valence-electron chi connectivity index (χ4n) is 1.73. The van der Waals surface area contributed by atoms with Gasteiger partial charge in [-0.1, -0.05) is 11.6 Å². The van der Waals surface area contributed by atoms with Gasteiger partial charge in [0.05, 0.1) is 13.5 Å². The summed E-state index contributed by atoms with van der Waals surface area (Å²) in [5.41, 5.74) is 1.79. The summed E-state index contributed by atoms with van der Waals surface area (Å²) in [7, 11) is 1.32. The zero-order valence-corrected chi connectivity index (χ0v) is 9.77. The molecule has 0 aromatic heterocycles. The Morgan fingerprint density at radius 3 is 3.06 bits per heavy atom. The Balaban J connectivity index is 2.19. The second kappa shape index (κ2) is 4.59. The number of carbonyl (C=O) groups is 1. The van der Waals surface area contributed by atoms with Crippen LogP contribution in [0.25, 0.3) is 0 Å². The van der Waals surface area contributed by atoms with E-state index < -0.39 is 6.10 Å². The lowest BCUT2D eigenvalue weighted by molar-refractivity contribution is -0.139. The summed E-state index contributed by atoms with van der Waals surface area (Å²) >= 11 is 0. The average molecular weight is 234 g/mol. The molecule has 4 heteroatoms. The summed E-state index contributed by atoms with van der Waals surface area (Å²) in [6.45, 7) is 1.95. The molecule has 0 aliphatic carbocycles. The number of fused-ring (bicyclic) bond motifs is 1. The van der Waals surface area contributed by atoms with E-state index in [0.717, 1.165) is 11.1 Å². The number of aryl methyl sites for hydroxylation is 1. The second-order valence-electron chi connectivity index (χ2n) is 3.93. The molecular weight excluding hydrogens is 220 g/mol. The zero-order chi connectivity index (χ0) is 12.4. The van der Waals surface area contributed by atoms with Crippen LogP contribution in [0.1, 0.15) is 23.7 Å². The number of hydrogen-bond acceptors (Lipinski definition) is 4. The van der Waals surface area contributed by atoms with Gasteiger partial charge in [-0.25, -0.2) is 0 Å². The summed E-state index contributed by atoms with van der Waals surface area (Å²) in [5, 5.41) is 10.0. The van der Waals surface area contributed by atoms with Crippen molar-refractivity contribution in [2.75, 3.05) is 7.11 Å². The average Bonchev–Trinajstić information content (AvgIpc) is 2.63. The minimum Gasteiger partial charge on any atom is -0.469 e. The predicted molar refractivity (Wildman–Crippen MR) is 61.5 cm³/mol. The van der Waals surface area contributed by atoms with E-state index in [1.54, 1.807) is 6.08 Å². The lowest BCUT2D eigenvalue weighted by Gasteiger charge is -2.02. The van der Waals surface area contributed by atoms with Crippen LogP contribution < -0.4 is 4.74 Å². The molecule has 1 atom stereocenters. The largest absolute Gasteiger partial charge is 0.469 e. The molecule has 1 heterocycles. The lowest BCUT2D eigenvalue weighted by atomic mass is 10.1. The van der Waals surface area contributed by atoms with Crippen molar-refractivity contribution in [1.82, 2.24) is 0 Å². The van der Waals surface area contributed by atoms with Gasteiger partial charge >= 0.3 is 5.97 Å². The van der Waals surface area contributed by atoms with E-state index >= 15 is 0 Å². The molecule has 17 heavy (non-hydrogen) atoms. The van der Waals surface area contributed by atoms with E-state index in [0.29, 0.717) is 11.5 Å². The smallest absolute Gasteiger partial charge is 0.309 e. The van der Waals surface area contributed by atoms with E-state index in [1.807, 2.05) is 25.1 Å². The Labute approximate surface area is 99.5 Å². The highest BCUT2D eigenvalue weighted by atomic mass is 16.5. The van der Waals surface area contributed by atoms with Crippen LogP contribution in [0.5, 0.6) is 5.75 Å². The Kier molecular flexibility index (Phi) is 3.15. The van der Waals surface area contributed by atoms with Crippen molar-refractivity contribution >= 4 is 5.97 Å². The minimum absolute atomic E-state index is 0.0931.